The van der Waals surface area contributed by atoms with Crippen LogP contribution in [-0.2, 0) is 24.1 Å². The van der Waals surface area contributed by atoms with E-state index in [1.807, 2.05) is 65.1 Å². The third-order valence-electron chi connectivity index (χ3n) is 7.08. The van der Waals surface area contributed by atoms with Crippen LogP contribution in [-0.4, -0.2) is 42.1 Å². The lowest BCUT2D eigenvalue weighted by Gasteiger charge is -2.29. The van der Waals surface area contributed by atoms with Gasteiger partial charge in [0, 0.05) is 23.5 Å². The molecule has 5 aromatic rings. The number of aryl methyl sites for hydroxylation is 1. The van der Waals surface area contributed by atoms with Gasteiger partial charge in [0.25, 0.3) is 5.91 Å². The zero-order valence-corrected chi connectivity index (χ0v) is 26.9. The average Bonchev–Trinajstić information content (AvgIpc) is 3.63. The number of carbonyl (C=O) groups excluding carboxylic acids is 2. The van der Waals surface area contributed by atoms with Gasteiger partial charge in [0.1, 0.15) is 0 Å². The van der Waals surface area contributed by atoms with Crippen LogP contribution < -0.4 is 15.0 Å². The minimum absolute atomic E-state index is 0.211. The molecule has 0 saturated carbocycles. The number of anilines is 2. The number of amides is 1. The van der Waals surface area contributed by atoms with E-state index < -0.39 is 11.8 Å². The van der Waals surface area contributed by atoms with E-state index in [1.165, 1.54) is 35.8 Å². The Hall–Kier alpha value is -3.62. The van der Waals surface area contributed by atoms with Gasteiger partial charge in [-0.2, -0.15) is 0 Å². The van der Waals surface area contributed by atoms with E-state index in [1.54, 1.807) is 12.1 Å². The summed E-state index contributed by atoms with van der Waals surface area (Å²) in [6, 6.07) is 18.4. The summed E-state index contributed by atoms with van der Waals surface area (Å²) >= 11 is 4.91. The van der Waals surface area contributed by atoms with Gasteiger partial charge in [0.05, 0.1) is 27.5 Å². The monoisotopic (exact) mass is 728 g/mol. The number of methoxy groups -OCH3 is 1. The molecule has 2 aromatic heterocycles. The smallest absolute Gasteiger partial charge is 0.357 e. The lowest BCUT2D eigenvalue weighted by molar-refractivity contribution is 0.0593. The number of carbonyl (C=O) groups is 2. The summed E-state index contributed by atoms with van der Waals surface area (Å²) in [5.41, 5.74) is 3.75. The van der Waals surface area contributed by atoms with Crippen molar-refractivity contribution in [2.75, 3.05) is 30.5 Å². The highest BCUT2D eigenvalue weighted by Gasteiger charge is 2.27. The van der Waals surface area contributed by atoms with Gasteiger partial charge in [-0.15, -0.1) is 11.3 Å². The molecular weight excluding hydrogens is 702 g/mol. The van der Waals surface area contributed by atoms with Crippen LogP contribution in [0.1, 0.15) is 43.3 Å². The minimum Gasteiger partial charge on any atom is -0.489 e. The Morgan fingerprint density at radius 1 is 1.07 bits per heavy atom. The van der Waals surface area contributed by atoms with E-state index >= 15 is 0 Å². The molecule has 3 heterocycles. The highest BCUT2D eigenvalue weighted by atomic mass is 127. The van der Waals surface area contributed by atoms with Crippen molar-refractivity contribution < 1.29 is 23.5 Å². The highest BCUT2D eigenvalue weighted by Crippen LogP contribution is 2.34. The van der Waals surface area contributed by atoms with Crippen molar-refractivity contribution in [3.05, 3.63) is 97.3 Å². The predicted molar refractivity (Wildman–Crippen MR) is 175 cm³/mol. The van der Waals surface area contributed by atoms with E-state index in [9.17, 15) is 14.0 Å². The SMILES string of the molecule is COC(=O)c1nc(N2CCc3cccc(C(=O)Nc4nc5ccccc5s4)c3C2)sc1CCCOc1c(F)cccc1I. The fourth-order valence-electron chi connectivity index (χ4n) is 4.97. The first-order valence-electron chi connectivity index (χ1n) is 13.6. The van der Waals surface area contributed by atoms with Crippen LogP contribution in [0, 0.1) is 9.39 Å². The zero-order chi connectivity index (χ0) is 29.9. The van der Waals surface area contributed by atoms with Crippen LogP contribution in [0.25, 0.3) is 10.2 Å². The second-order valence-electron chi connectivity index (χ2n) is 9.82. The Kier molecular flexibility index (Phi) is 8.86. The summed E-state index contributed by atoms with van der Waals surface area (Å²) in [6.45, 7) is 1.45. The maximum absolute atomic E-state index is 14.1. The first-order chi connectivity index (χ1) is 20.9. The largest absolute Gasteiger partial charge is 0.489 e. The van der Waals surface area contributed by atoms with Gasteiger partial charge in [-0.05, 0) is 83.3 Å². The number of hydrogen-bond acceptors (Lipinski definition) is 9. The molecule has 0 bridgehead atoms. The quantitative estimate of drug-likeness (QED) is 0.0983. The van der Waals surface area contributed by atoms with Gasteiger partial charge in [0.2, 0.25) is 0 Å². The number of nitrogens with zero attached hydrogens (tertiary/aromatic N) is 3. The summed E-state index contributed by atoms with van der Waals surface area (Å²) in [6.07, 6.45) is 1.82. The van der Waals surface area contributed by atoms with Gasteiger partial charge in [-0.1, -0.05) is 41.7 Å². The van der Waals surface area contributed by atoms with Crippen LogP contribution in [0.5, 0.6) is 5.75 Å². The Morgan fingerprint density at radius 2 is 1.91 bits per heavy atom. The summed E-state index contributed by atoms with van der Waals surface area (Å²) < 4.78 is 26.6. The molecule has 1 amide bonds. The highest BCUT2D eigenvalue weighted by molar-refractivity contribution is 14.1. The number of rotatable bonds is 9. The van der Waals surface area contributed by atoms with Crippen molar-refractivity contribution in [2.24, 2.45) is 0 Å². The molecule has 220 valence electrons. The first-order valence-corrected chi connectivity index (χ1v) is 16.3. The van der Waals surface area contributed by atoms with Crippen molar-refractivity contribution in [2.45, 2.75) is 25.8 Å². The van der Waals surface area contributed by atoms with Crippen molar-refractivity contribution in [1.29, 1.82) is 0 Å². The van der Waals surface area contributed by atoms with E-state index in [2.05, 4.69) is 20.2 Å². The third kappa shape index (κ3) is 6.36. The maximum Gasteiger partial charge on any atom is 0.357 e. The number of ether oxygens (including phenoxy) is 2. The van der Waals surface area contributed by atoms with Gasteiger partial charge in [-0.3, -0.25) is 10.1 Å². The normalized spacial score (nSPS) is 12.7. The van der Waals surface area contributed by atoms with Gasteiger partial charge < -0.3 is 14.4 Å². The molecule has 8 nitrogen and oxygen atoms in total. The average molecular weight is 729 g/mol. The molecule has 3 aromatic carbocycles. The van der Waals surface area contributed by atoms with Crippen LogP contribution in [0.3, 0.4) is 0 Å². The van der Waals surface area contributed by atoms with E-state index in [0.29, 0.717) is 45.3 Å². The number of esters is 1. The third-order valence-corrected chi connectivity index (χ3v) is 10.1. The van der Waals surface area contributed by atoms with Gasteiger partial charge in [-0.25, -0.2) is 19.2 Å². The van der Waals surface area contributed by atoms with E-state index in [-0.39, 0.29) is 24.0 Å². The zero-order valence-electron chi connectivity index (χ0n) is 23.1. The molecule has 1 aliphatic heterocycles. The number of benzene rings is 3. The maximum atomic E-state index is 14.1. The standard InChI is InChI=1S/C31H26FIN4O4S2/c1-40-29(39)26-25(13-6-16-41-27-21(32)9-5-10-22(27)33)43-31(35-26)37-15-14-18-7-4-8-19(20(18)17-37)28(38)36-30-34-23-11-2-3-12-24(23)42-30/h2-5,7-12H,6,13-17H2,1H3,(H,34,36,38). The molecule has 0 unspecified atom stereocenters. The summed E-state index contributed by atoms with van der Waals surface area (Å²) in [7, 11) is 1.34. The molecule has 1 aliphatic rings. The molecule has 0 atom stereocenters. The molecule has 1 N–H and O–H groups in total. The minimum atomic E-state index is -0.504. The van der Waals surface area contributed by atoms with Crippen LogP contribution in [0.15, 0.2) is 60.7 Å². The van der Waals surface area contributed by atoms with Gasteiger partial charge in [0.15, 0.2) is 27.5 Å². The number of aromatic nitrogens is 2. The molecule has 0 spiro atoms. The van der Waals surface area contributed by atoms with Crippen molar-refractivity contribution in [3.63, 3.8) is 0 Å². The molecule has 12 heteroatoms. The van der Waals surface area contributed by atoms with Gasteiger partial charge >= 0.3 is 5.97 Å². The number of halogens is 2. The molecule has 6 rings (SSSR count). The molecule has 0 saturated heterocycles. The van der Waals surface area contributed by atoms with E-state index in [4.69, 9.17) is 9.47 Å². The van der Waals surface area contributed by atoms with E-state index in [0.717, 1.165) is 32.6 Å². The van der Waals surface area contributed by atoms with Crippen LogP contribution in [0.2, 0.25) is 0 Å². The van der Waals surface area contributed by atoms with Crippen molar-refractivity contribution in [3.8, 4) is 5.75 Å². The molecular formula is C31H26FIN4O4S2. The number of hydrogen-bond donors (Lipinski definition) is 1. The number of nitrogens with one attached hydrogen (secondary N) is 1. The Balaban J connectivity index is 1.18. The fraction of sp³-hybridized carbons (Fsp3) is 0.226. The van der Waals surface area contributed by atoms with Crippen LogP contribution >= 0.6 is 45.3 Å². The Labute approximate surface area is 269 Å². The molecule has 43 heavy (non-hydrogen) atoms. The Bertz CT molecular complexity index is 1770. The molecule has 0 radical (unpaired) electrons. The van der Waals surface area contributed by atoms with Crippen LogP contribution in [0.4, 0.5) is 14.7 Å². The van der Waals surface area contributed by atoms with Crippen molar-refractivity contribution in [1.82, 2.24) is 9.97 Å². The number of fused-ring (bicyclic) bond motifs is 2. The molecule has 0 fully saturated rings. The molecule has 0 aliphatic carbocycles. The number of thiazole rings is 2. The second-order valence-corrected chi connectivity index (χ2v) is 13.1. The summed E-state index contributed by atoms with van der Waals surface area (Å²) in [4.78, 5) is 38.1. The lowest BCUT2D eigenvalue weighted by atomic mass is 9.94. The number of para-hydroxylation sites is 2. The topological polar surface area (TPSA) is 93.7 Å². The predicted octanol–water partition coefficient (Wildman–Crippen LogP) is 7.11. The lowest BCUT2D eigenvalue weighted by Crippen LogP contribution is -2.32. The second kappa shape index (κ2) is 12.9. The Morgan fingerprint density at radius 3 is 2.72 bits per heavy atom. The first kappa shape index (κ1) is 29.5. The summed E-state index contributed by atoms with van der Waals surface area (Å²) in [5.74, 6) is -0.885. The fourth-order valence-corrected chi connectivity index (χ4v) is 7.57. The summed E-state index contributed by atoms with van der Waals surface area (Å²) in [5, 5.41) is 4.22. The van der Waals surface area contributed by atoms with Crippen molar-refractivity contribution >= 4 is 77.6 Å².